The Morgan fingerprint density at radius 2 is 2.25 bits per heavy atom. The number of amides is 2. The Balaban J connectivity index is 2.58. The van der Waals surface area contributed by atoms with E-state index in [0.717, 1.165) is 0 Å². The number of halogens is 1. The predicted molar refractivity (Wildman–Crippen MR) is 58.3 cm³/mol. The minimum absolute atomic E-state index is 0.135. The lowest BCUT2D eigenvalue weighted by molar-refractivity contribution is 0.223. The first-order valence-corrected chi connectivity index (χ1v) is 4.78. The van der Waals surface area contributed by atoms with Gasteiger partial charge < -0.3 is 10.2 Å². The lowest BCUT2D eigenvalue weighted by Crippen LogP contribution is -2.32. The number of carbonyl (C=O) groups excluding carboxylic acids is 1. The van der Waals surface area contributed by atoms with Gasteiger partial charge in [-0.1, -0.05) is 12.1 Å². The maximum atomic E-state index is 13.2. The Labute approximate surface area is 93.3 Å². The van der Waals surface area contributed by atoms with E-state index < -0.39 is 11.8 Å². The fraction of sp³-hybridized carbons (Fsp3) is 0.273. The molecular formula is C11H12FN3O. The third-order valence-corrected chi connectivity index (χ3v) is 2.02. The number of nitrogens with one attached hydrogen (secondary N) is 1. The molecule has 1 N–H and O–H groups in total. The first kappa shape index (κ1) is 12.0. The zero-order chi connectivity index (χ0) is 12.0. The molecule has 0 heterocycles. The molecule has 0 aliphatic heterocycles. The molecule has 0 fully saturated rings. The molecular weight excluding hydrogens is 209 g/mol. The first-order chi connectivity index (χ1) is 7.65. The number of nitriles is 1. The fourth-order valence-corrected chi connectivity index (χ4v) is 1.09. The van der Waals surface area contributed by atoms with E-state index in [9.17, 15) is 9.18 Å². The van der Waals surface area contributed by atoms with Crippen molar-refractivity contribution in [2.24, 2.45) is 0 Å². The number of para-hydroxylation sites is 1. The van der Waals surface area contributed by atoms with Crippen LogP contribution in [0.25, 0.3) is 0 Å². The molecule has 2 amide bonds. The zero-order valence-electron chi connectivity index (χ0n) is 8.90. The molecule has 84 valence electrons. The molecule has 0 spiro atoms. The van der Waals surface area contributed by atoms with Gasteiger partial charge in [-0.2, -0.15) is 5.26 Å². The molecule has 0 atom stereocenters. The van der Waals surface area contributed by atoms with Crippen molar-refractivity contribution in [2.45, 2.75) is 6.42 Å². The number of benzene rings is 1. The molecule has 0 aliphatic rings. The highest BCUT2D eigenvalue weighted by molar-refractivity contribution is 5.89. The van der Waals surface area contributed by atoms with Crippen molar-refractivity contribution in [2.75, 3.05) is 18.9 Å². The average Bonchev–Trinajstić information content (AvgIpc) is 2.28. The van der Waals surface area contributed by atoms with Crippen molar-refractivity contribution >= 4 is 11.7 Å². The monoisotopic (exact) mass is 221 g/mol. The molecule has 0 unspecified atom stereocenters. The molecule has 16 heavy (non-hydrogen) atoms. The van der Waals surface area contributed by atoms with Crippen molar-refractivity contribution in [1.29, 1.82) is 5.26 Å². The van der Waals surface area contributed by atoms with Gasteiger partial charge in [-0.25, -0.2) is 9.18 Å². The lowest BCUT2D eigenvalue weighted by atomic mass is 10.3. The van der Waals surface area contributed by atoms with E-state index in [4.69, 9.17) is 5.26 Å². The topological polar surface area (TPSA) is 56.1 Å². The number of hydrogen-bond donors (Lipinski definition) is 1. The van der Waals surface area contributed by atoms with Crippen LogP contribution in [0.4, 0.5) is 14.9 Å². The molecule has 0 aliphatic carbocycles. The van der Waals surface area contributed by atoms with Crippen LogP contribution in [0.5, 0.6) is 0 Å². The van der Waals surface area contributed by atoms with Gasteiger partial charge in [0.15, 0.2) is 0 Å². The Morgan fingerprint density at radius 1 is 1.56 bits per heavy atom. The summed E-state index contributed by atoms with van der Waals surface area (Å²) >= 11 is 0. The van der Waals surface area contributed by atoms with E-state index in [1.165, 1.54) is 17.0 Å². The molecule has 1 aromatic carbocycles. The van der Waals surface area contributed by atoms with E-state index >= 15 is 0 Å². The first-order valence-electron chi connectivity index (χ1n) is 4.78. The van der Waals surface area contributed by atoms with E-state index in [2.05, 4.69) is 5.32 Å². The van der Waals surface area contributed by atoms with Gasteiger partial charge in [0.25, 0.3) is 0 Å². The Morgan fingerprint density at radius 3 is 2.88 bits per heavy atom. The number of nitrogens with zero attached hydrogens (tertiary/aromatic N) is 2. The van der Waals surface area contributed by atoms with E-state index in [1.54, 1.807) is 19.2 Å². The third kappa shape index (κ3) is 3.24. The van der Waals surface area contributed by atoms with Crippen molar-refractivity contribution < 1.29 is 9.18 Å². The van der Waals surface area contributed by atoms with Crippen molar-refractivity contribution in [1.82, 2.24) is 4.90 Å². The summed E-state index contributed by atoms with van der Waals surface area (Å²) in [6.45, 7) is 0.316. The molecule has 1 rings (SSSR count). The van der Waals surface area contributed by atoms with Gasteiger partial charge in [0.05, 0.1) is 18.2 Å². The van der Waals surface area contributed by atoms with E-state index in [-0.39, 0.29) is 12.1 Å². The van der Waals surface area contributed by atoms with Crippen LogP contribution in [-0.2, 0) is 0 Å². The van der Waals surface area contributed by atoms with Crippen molar-refractivity contribution in [3.05, 3.63) is 30.1 Å². The predicted octanol–water partition coefficient (Wildman–Crippen LogP) is 2.20. The average molecular weight is 221 g/mol. The lowest BCUT2D eigenvalue weighted by Gasteiger charge is -2.16. The van der Waals surface area contributed by atoms with Gasteiger partial charge in [-0.15, -0.1) is 0 Å². The quantitative estimate of drug-likeness (QED) is 0.850. The van der Waals surface area contributed by atoms with Crippen molar-refractivity contribution in [3.63, 3.8) is 0 Å². The van der Waals surface area contributed by atoms with Crippen LogP contribution in [0.2, 0.25) is 0 Å². The highest BCUT2D eigenvalue weighted by Crippen LogP contribution is 2.12. The second kappa shape index (κ2) is 5.71. The van der Waals surface area contributed by atoms with Crippen LogP contribution in [0.3, 0.4) is 0 Å². The maximum absolute atomic E-state index is 13.2. The number of hydrogen-bond acceptors (Lipinski definition) is 2. The maximum Gasteiger partial charge on any atom is 0.321 e. The van der Waals surface area contributed by atoms with Gasteiger partial charge in [0.2, 0.25) is 0 Å². The Hall–Kier alpha value is -2.09. The van der Waals surface area contributed by atoms with Gasteiger partial charge in [0.1, 0.15) is 5.82 Å². The van der Waals surface area contributed by atoms with Gasteiger partial charge in [-0.3, -0.25) is 0 Å². The van der Waals surface area contributed by atoms with Crippen LogP contribution in [0.15, 0.2) is 24.3 Å². The zero-order valence-corrected chi connectivity index (χ0v) is 8.90. The summed E-state index contributed by atoms with van der Waals surface area (Å²) in [4.78, 5) is 12.8. The minimum Gasteiger partial charge on any atom is -0.327 e. The molecule has 5 heteroatoms. The molecule has 4 nitrogen and oxygen atoms in total. The van der Waals surface area contributed by atoms with Crippen molar-refractivity contribution in [3.8, 4) is 6.07 Å². The number of anilines is 1. The summed E-state index contributed by atoms with van der Waals surface area (Å²) in [7, 11) is 1.55. The summed E-state index contributed by atoms with van der Waals surface area (Å²) in [5.41, 5.74) is 0.135. The van der Waals surface area contributed by atoms with Crippen LogP contribution in [0, 0.1) is 17.1 Å². The number of urea groups is 1. The van der Waals surface area contributed by atoms with E-state index in [0.29, 0.717) is 6.54 Å². The Kier molecular flexibility index (Phi) is 4.28. The summed E-state index contributed by atoms with van der Waals surface area (Å²) in [5.74, 6) is -0.482. The van der Waals surface area contributed by atoms with Crippen LogP contribution < -0.4 is 5.32 Å². The summed E-state index contributed by atoms with van der Waals surface area (Å²) in [6, 6.07) is 7.43. The van der Waals surface area contributed by atoms with Crippen LogP contribution in [0.1, 0.15) is 6.42 Å². The second-order valence-corrected chi connectivity index (χ2v) is 3.24. The molecule has 1 aromatic rings. The van der Waals surface area contributed by atoms with Crippen LogP contribution in [-0.4, -0.2) is 24.5 Å². The number of rotatable bonds is 3. The smallest absolute Gasteiger partial charge is 0.321 e. The molecule has 0 saturated heterocycles. The summed E-state index contributed by atoms with van der Waals surface area (Å²) in [5, 5.41) is 10.8. The van der Waals surface area contributed by atoms with Gasteiger partial charge in [0, 0.05) is 13.6 Å². The summed E-state index contributed by atoms with van der Waals surface area (Å²) < 4.78 is 13.2. The van der Waals surface area contributed by atoms with Crippen LogP contribution >= 0.6 is 0 Å². The third-order valence-electron chi connectivity index (χ3n) is 2.02. The van der Waals surface area contributed by atoms with E-state index in [1.807, 2.05) is 6.07 Å². The Bertz CT molecular complexity index is 414. The highest BCUT2D eigenvalue weighted by atomic mass is 19.1. The fourth-order valence-electron chi connectivity index (χ4n) is 1.09. The minimum atomic E-state index is -0.482. The summed E-state index contributed by atoms with van der Waals surface area (Å²) in [6.07, 6.45) is 0.251. The van der Waals surface area contributed by atoms with Gasteiger partial charge in [-0.05, 0) is 12.1 Å². The van der Waals surface area contributed by atoms with Gasteiger partial charge >= 0.3 is 6.03 Å². The molecule has 0 bridgehead atoms. The molecule has 0 aromatic heterocycles. The second-order valence-electron chi connectivity index (χ2n) is 3.24. The molecule has 0 saturated carbocycles. The normalized spacial score (nSPS) is 9.31. The largest absolute Gasteiger partial charge is 0.327 e. The molecule has 0 radical (unpaired) electrons. The highest BCUT2D eigenvalue weighted by Gasteiger charge is 2.10. The SMILES string of the molecule is CN(CCC#N)C(=O)Nc1ccccc1F. The standard InChI is InChI=1S/C11H12FN3O/c1-15(8-4-7-13)11(16)14-10-6-3-2-5-9(10)12/h2-3,5-6H,4,8H2,1H3,(H,14,16). The number of carbonyl (C=O) groups is 1.